The number of amides is 1. The smallest absolute Gasteiger partial charge is 0.495 e. The van der Waals surface area contributed by atoms with Crippen LogP contribution in [0.2, 0.25) is 0 Å². The van der Waals surface area contributed by atoms with E-state index in [1.54, 1.807) is 6.07 Å². The van der Waals surface area contributed by atoms with Gasteiger partial charge in [-0.1, -0.05) is 6.07 Å². The van der Waals surface area contributed by atoms with E-state index in [1.807, 2.05) is 27.7 Å². The van der Waals surface area contributed by atoms with Crippen molar-refractivity contribution in [3.8, 4) is 5.75 Å². The molecule has 1 heterocycles. The molecule has 1 aromatic rings. The van der Waals surface area contributed by atoms with Crippen LogP contribution in [0.15, 0.2) is 12.1 Å². The summed E-state index contributed by atoms with van der Waals surface area (Å²) in [7, 11) is -0.820. The van der Waals surface area contributed by atoms with Crippen LogP contribution in [0.1, 0.15) is 56.5 Å². The van der Waals surface area contributed by atoms with E-state index in [4.69, 9.17) is 15.0 Å². The van der Waals surface area contributed by atoms with Crippen molar-refractivity contribution < 1.29 is 43.5 Å². The van der Waals surface area contributed by atoms with Crippen molar-refractivity contribution in [1.29, 1.82) is 0 Å². The van der Waals surface area contributed by atoms with Gasteiger partial charge in [-0.05, 0) is 63.5 Å². The molecule has 0 aromatic heterocycles. The normalized spacial score (nSPS) is 34.8. The Morgan fingerprint density at radius 1 is 1.03 bits per heavy atom. The van der Waals surface area contributed by atoms with Gasteiger partial charge in [0.05, 0.1) is 22.7 Å². The second-order valence-electron chi connectivity index (χ2n) is 11.4. The number of ketones is 4. The van der Waals surface area contributed by atoms with Crippen LogP contribution in [0.5, 0.6) is 5.75 Å². The summed E-state index contributed by atoms with van der Waals surface area (Å²) in [6, 6.07) is 2.95. The molecule has 5 atom stereocenters. The number of carbonyl (C=O) groups is 5. The van der Waals surface area contributed by atoms with Crippen LogP contribution in [0.4, 0.5) is 0 Å². The van der Waals surface area contributed by atoms with Gasteiger partial charge in [-0.15, -0.1) is 0 Å². The number of carbonyl (C=O) groups excluding carboxylic acids is 5. The van der Waals surface area contributed by atoms with Crippen molar-refractivity contribution in [2.75, 3.05) is 0 Å². The molecule has 0 spiro atoms. The number of fused-ring (bicyclic) bond motifs is 3. The Bertz CT molecular complexity index is 1240. The number of benzene rings is 1. The van der Waals surface area contributed by atoms with Gasteiger partial charge in [-0.2, -0.15) is 0 Å². The molecule has 11 heteroatoms. The fourth-order valence-electron chi connectivity index (χ4n) is 6.18. The topological polar surface area (TPSA) is 170 Å². The van der Waals surface area contributed by atoms with Gasteiger partial charge in [-0.3, -0.25) is 24.0 Å². The maximum absolute atomic E-state index is 13.7. The van der Waals surface area contributed by atoms with Gasteiger partial charge in [-0.25, -0.2) is 0 Å². The number of Topliss-reactive ketones (excluding diaryl/α,β-unsaturated/α-hetero) is 4. The molecule has 3 fully saturated rings. The fraction of sp³-hybridized carbons (Fsp3) is 0.560. The third-order valence-corrected chi connectivity index (χ3v) is 8.83. The molecule has 0 bridgehead atoms. The molecule has 5 rings (SSSR count). The molecule has 2 saturated carbocycles. The molecule has 1 amide bonds. The molecule has 0 radical (unpaired) electrons. The van der Waals surface area contributed by atoms with E-state index >= 15 is 0 Å². The highest BCUT2D eigenvalue weighted by molar-refractivity contribution is 6.63. The minimum absolute atomic E-state index is 0.0273. The summed E-state index contributed by atoms with van der Waals surface area (Å²) < 4.78 is 12.3. The fourth-order valence-corrected chi connectivity index (χ4v) is 6.18. The summed E-state index contributed by atoms with van der Waals surface area (Å²) in [6.45, 7) is 7.55. The zero-order valence-electron chi connectivity index (χ0n) is 20.5. The number of aliphatic hydroxyl groups is 1. The summed E-state index contributed by atoms with van der Waals surface area (Å²) >= 11 is 0. The lowest BCUT2D eigenvalue weighted by molar-refractivity contribution is -0.175. The van der Waals surface area contributed by atoms with Crippen LogP contribution in [0.25, 0.3) is 0 Å². The van der Waals surface area contributed by atoms with E-state index in [1.165, 1.54) is 6.07 Å². The van der Waals surface area contributed by atoms with Crippen LogP contribution in [0, 0.1) is 23.7 Å². The number of rotatable bonds is 2. The lowest BCUT2D eigenvalue weighted by Crippen LogP contribution is -2.68. The largest absolute Gasteiger partial charge is 0.507 e. The average molecular weight is 497 g/mol. The van der Waals surface area contributed by atoms with Crippen LogP contribution in [0.3, 0.4) is 0 Å². The van der Waals surface area contributed by atoms with Gasteiger partial charge in [0.15, 0.2) is 34.7 Å². The Balaban J connectivity index is 1.57. The zero-order chi connectivity index (χ0) is 26.5. The molecule has 1 saturated heterocycles. The number of hydrogen-bond donors (Lipinski definition) is 3. The first kappa shape index (κ1) is 24.8. The lowest BCUT2D eigenvalue weighted by Gasteiger charge is -2.48. The first-order valence-corrected chi connectivity index (χ1v) is 12.0. The predicted molar refractivity (Wildman–Crippen MR) is 124 cm³/mol. The highest BCUT2D eigenvalue weighted by Gasteiger charge is 2.66. The molecule has 2 unspecified atom stereocenters. The first-order chi connectivity index (χ1) is 16.6. The molecular formula is C25H28BNO9. The molecule has 1 aromatic carbocycles. The molecule has 4 aliphatic rings. The van der Waals surface area contributed by atoms with E-state index in [9.17, 15) is 34.2 Å². The van der Waals surface area contributed by atoms with Gasteiger partial charge in [0.1, 0.15) is 5.75 Å². The minimum Gasteiger partial charge on any atom is -0.507 e. The Kier molecular flexibility index (Phi) is 5.21. The van der Waals surface area contributed by atoms with E-state index in [2.05, 4.69) is 0 Å². The van der Waals surface area contributed by atoms with Gasteiger partial charge in [0.25, 0.3) is 0 Å². The predicted octanol–water partition coefficient (Wildman–Crippen LogP) is -0.374. The third kappa shape index (κ3) is 3.12. The van der Waals surface area contributed by atoms with Gasteiger partial charge in [0.2, 0.25) is 5.91 Å². The Hall–Kier alpha value is -2.89. The molecule has 36 heavy (non-hydrogen) atoms. The summed E-state index contributed by atoms with van der Waals surface area (Å²) in [6.07, 6.45) is -0.186. The molecule has 190 valence electrons. The lowest BCUT2D eigenvalue weighted by atomic mass is 9.53. The van der Waals surface area contributed by atoms with Crippen LogP contribution in [-0.4, -0.2) is 63.2 Å². The van der Waals surface area contributed by atoms with Crippen LogP contribution >= 0.6 is 0 Å². The summed E-state index contributed by atoms with van der Waals surface area (Å²) in [4.78, 5) is 64.5. The van der Waals surface area contributed by atoms with Crippen LogP contribution in [-0.2, 0) is 34.9 Å². The Morgan fingerprint density at radius 3 is 2.22 bits per heavy atom. The number of hydrogen-bond acceptors (Lipinski definition) is 9. The molecular weight excluding hydrogens is 469 g/mol. The second kappa shape index (κ2) is 7.56. The van der Waals surface area contributed by atoms with Crippen molar-refractivity contribution in [3.63, 3.8) is 0 Å². The highest BCUT2D eigenvalue weighted by atomic mass is 16.7. The molecule has 4 N–H and O–H groups in total. The van der Waals surface area contributed by atoms with E-state index in [0.717, 1.165) is 0 Å². The van der Waals surface area contributed by atoms with E-state index in [-0.39, 0.29) is 30.6 Å². The first-order valence-electron chi connectivity index (χ1n) is 12.0. The number of phenols is 1. The van der Waals surface area contributed by atoms with Crippen molar-refractivity contribution in [2.24, 2.45) is 29.4 Å². The quantitative estimate of drug-likeness (QED) is 0.364. The van der Waals surface area contributed by atoms with Gasteiger partial charge >= 0.3 is 7.12 Å². The molecule has 3 aliphatic carbocycles. The molecule has 10 nitrogen and oxygen atoms in total. The molecule has 1 aliphatic heterocycles. The van der Waals surface area contributed by atoms with Crippen molar-refractivity contribution in [1.82, 2.24) is 0 Å². The minimum atomic E-state index is -2.67. The van der Waals surface area contributed by atoms with Crippen LogP contribution < -0.4 is 11.2 Å². The number of aromatic hydroxyl groups is 1. The average Bonchev–Trinajstić information content (AvgIpc) is 2.97. The Morgan fingerprint density at radius 2 is 1.64 bits per heavy atom. The zero-order valence-corrected chi connectivity index (χ0v) is 20.5. The summed E-state index contributed by atoms with van der Waals surface area (Å²) in [5, 5.41) is 21.9. The standard InChI is InChI=1S/C25H28BNO9/c1-23(2)24(3,4)36-26(35-23)13-5-6-14(28)17-12(13)8-10-7-11-9-15(29)18(22(27)33)21(32)25(11,34)20(31)16(10)19(17)30/h5-6,10-11,16,18,28,34H,7-9H2,1-4H3,(H2,27,33)/t10-,11+,16?,18?,25+/m1/s1. The number of nitrogens with two attached hydrogens (primary N) is 1. The maximum atomic E-state index is 13.7. The van der Waals surface area contributed by atoms with Crippen molar-refractivity contribution in [3.05, 3.63) is 23.3 Å². The van der Waals surface area contributed by atoms with E-state index in [0.29, 0.717) is 11.0 Å². The van der Waals surface area contributed by atoms with Gasteiger partial charge in [0, 0.05) is 12.3 Å². The SMILES string of the molecule is CC1(C)OB(c2ccc(O)c3c2C[C@H]2C[C@H]4CC(=O)C(C(N)=O)C(=O)[C@@]4(O)C(=O)C2C3=O)OC1(C)C. The second-order valence-corrected chi connectivity index (χ2v) is 11.4. The van der Waals surface area contributed by atoms with Gasteiger partial charge < -0.3 is 25.3 Å². The Labute approximate surface area is 207 Å². The third-order valence-electron chi connectivity index (χ3n) is 8.83. The monoisotopic (exact) mass is 497 g/mol. The summed E-state index contributed by atoms with van der Waals surface area (Å²) in [5.41, 5.74) is 2.18. The number of phenolic OH excluding ortho intramolecular Hbond substituents is 1. The summed E-state index contributed by atoms with van der Waals surface area (Å²) in [5.74, 6) is -10.4. The van der Waals surface area contributed by atoms with Crippen molar-refractivity contribution in [2.45, 2.75) is 63.8 Å². The van der Waals surface area contributed by atoms with Crippen molar-refractivity contribution >= 4 is 41.6 Å². The highest BCUT2D eigenvalue weighted by Crippen LogP contribution is 2.50. The van der Waals surface area contributed by atoms with E-state index < -0.39 is 76.6 Å². The maximum Gasteiger partial charge on any atom is 0.495 e. The number of primary amides is 1.